The molecule has 0 saturated carbocycles. The van der Waals surface area contributed by atoms with E-state index >= 15 is 0 Å². The summed E-state index contributed by atoms with van der Waals surface area (Å²) in [6.07, 6.45) is -18.3. The number of aliphatic hydroxyl groups is 4. The van der Waals surface area contributed by atoms with E-state index < -0.39 is 92.9 Å². The molecule has 0 aromatic rings. The summed E-state index contributed by atoms with van der Waals surface area (Å²) in [6, 6.07) is 0. The van der Waals surface area contributed by atoms with Crippen molar-refractivity contribution in [1.82, 2.24) is 0 Å². The topological polar surface area (TPSA) is 165 Å². The van der Waals surface area contributed by atoms with E-state index in [2.05, 4.69) is 4.52 Å². The van der Waals surface area contributed by atoms with E-state index in [9.17, 15) is 89.1 Å². The lowest BCUT2D eigenvalue weighted by atomic mass is 9.88. The Balaban J connectivity index is 0. The summed E-state index contributed by atoms with van der Waals surface area (Å²) in [6.45, 7) is -1.000. The number of aldehydes is 1. The van der Waals surface area contributed by atoms with E-state index in [0.717, 1.165) is 0 Å². The second-order valence-corrected chi connectivity index (χ2v) is 9.12. The Kier molecular flexibility index (Phi) is 13.6. The molecule has 0 bridgehead atoms. The van der Waals surface area contributed by atoms with Crippen LogP contribution in [0, 0.1) is 0 Å². The van der Waals surface area contributed by atoms with Gasteiger partial charge in [-0.3, -0.25) is 4.52 Å². The quantitative estimate of drug-likeness (QED) is 0.0904. The van der Waals surface area contributed by atoms with Crippen molar-refractivity contribution in [2.75, 3.05) is 6.61 Å². The van der Waals surface area contributed by atoms with Gasteiger partial charge in [0.1, 0.15) is 24.4 Å². The van der Waals surface area contributed by atoms with Crippen LogP contribution < -0.4 is 0 Å². The van der Waals surface area contributed by atoms with Crippen LogP contribution in [0.2, 0.25) is 0 Å². The van der Waals surface area contributed by atoms with Crippen molar-refractivity contribution in [1.29, 1.82) is 0 Å². The number of aliphatic hydroxyl groups excluding tert-OH is 4. The highest BCUT2D eigenvalue weighted by atomic mass is 31.2. The molecule has 0 amide bonds. The van der Waals surface area contributed by atoms with Gasteiger partial charge in [0.05, 0.1) is 6.61 Å². The molecule has 0 aliphatic carbocycles. The minimum atomic E-state index is -8.56. The second-order valence-electron chi connectivity index (χ2n) is 7.93. The molecule has 4 atom stereocenters. The predicted molar refractivity (Wildman–Crippen MR) is 99.1 cm³/mol. The number of hydrogen-bond donors (Lipinski definition) is 6. The van der Waals surface area contributed by atoms with Crippen LogP contribution in [0.15, 0.2) is 0 Å². The van der Waals surface area contributed by atoms with Crippen molar-refractivity contribution >= 4 is 14.1 Å². The second kappa shape index (κ2) is 13.4. The van der Waals surface area contributed by atoms with Gasteiger partial charge in [-0.05, 0) is 0 Å². The molecule has 0 aromatic heterocycles. The Morgan fingerprint density at radius 2 is 1.00 bits per heavy atom. The standard InChI is InChI=1S/C10H5F17.C6H13O9P/c1-2-3(11,12)4(13,14)5(15,16)6(17,18)7(19,20)8(21,22)9(23,24)10(25,26)27;7-1-3(9)5(11)6(4(10)2-8)15-16(12,13)14/h2H2,1H3;2-7,9-11H,1H2,(H2,12,13,14)/t;3-,4+,5-,6+/m.1/s1. The summed E-state index contributed by atoms with van der Waals surface area (Å²) in [5.41, 5.74) is 0. The van der Waals surface area contributed by atoms with Gasteiger partial charge < -0.3 is 35.0 Å². The minimum Gasteiger partial charge on any atom is -0.394 e. The van der Waals surface area contributed by atoms with E-state index in [4.69, 9.17) is 25.1 Å². The molecule has 0 heterocycles. The van der Waals surface area contributed by atoms with E-state index in [1.807, 2.05) is 0 Å². The molecule has 260 valence electrons. The molecule has 0 unspecified atom stereocenters. The number of carbonyl (C=O) groups excluding carboxylic acids is 1. The molecule has 0 saturated heterocycles. The van der Waals surface area contributed by atoms with Gasteiger partial charge in [-0.1, -0.05) is 6.92 Å². The Morgan fingerprint density at radius 1 is 0.674 bits per heavy atom. The van der Waals surface area contributed by atoms with Gasteiger partial charge in [-0.15, -0.1) is 0 Å². The predicted octanol–water partition coefficient (Wildman–Crippen LogP) is 3.14. The number of carbonyl (C=O) groups is 1. The van der Waals surface area contributed by atoms with Gasteiger partial charge in [0, 0.05) is 6.42 Å². The lowest BCUT2D eigenvalue weighted by molar-refractivity contribution is -0.461. The van der Waals surface area contributed by atoms with Crippen LogP contribution in [0.1, 0.15) is 13.3 Å². The smallest absolute Gasteiger partial charge is 0.394 e. The number of phosphoric ester groups is 1. The molecule has 6 N–H and O–H groups in total. The van der Waals surface area contributed by atoms with Gasteiger partial charge in [0.15, 0.2) is 6.29 Å². The van der Waals surface area contributed by atoms with Gasteiger partial charge in [0.2, 0.25) is 0 Å². The average molecular weight is 708 g/mol. The van der Waals surface area contributed by atoms with Crippen molar-refractivity contribution in [2.45, 2.75) is 85.4 Å². The zero-order valence-corrected chi connectivity index (χ0v) is 21.0. The first-order chi connectivity index (χ1) is 18.5. The summed E-state index contributed by atoms with van der Waals surface area (Å²) < 4.78 is 230. The monoisotopic (exact) mass is 708 g/mol. The zero-order valence-electron chi connectivity index (χ0n) is 20.1. The Labute approximate surface area is 226 Å². The lowest BCUT2D eigenvalue weighted by Crippen LogP contribution is -2.74. The first-order valence-electron chi connectivity index (χ1n) is 10.1. The van der Waals surface area contributed by atoms with Gasteiger partial charge in [0.25, 0.3) is 0 Å². The molecule has 0 fully saturated rings. The molecule has 27 heteroatoms. The molecule has 0 aliphatic heterocycles. The van der Waals surface area contributed by atoms with Gasteiger partial charge in [-0.25, -0.2) is 4.57 Å². The molecule has 9 nitrogen and oxygen atoms in total. The fourth-order valence-electron chi connectivity index (χ4n) is 2.31. The summed E-state index contributed by atoms with van der Waals surface area (Å²) in [4.78, 5) is 27.1. The Morgan fingerprint density at radius 3 is 1.26 bits per heavy atom. The molecular weight excluding hydrogens is 690 g/mol. The lowest BCUT2D eigenvalue weighted by Gasteiger charge is -2.42. The van der Waals surface area contributed by atoms with Crippen molar-refractivity contribution in [3.05, 3.63) is 0 Å². The van der Waals surface area contributed by atoms with Crippen LogP contribution >= 0.6 is 7.82 Å². The van der Waals surface area contributed by atoms with Crippen LogP contribution in [-0.4, -0.2) is 115 Å². The van der Waals surface area contributed by atoms with Gasteiger partial charge in [-0.2, -0.15) is 74.6 Å². The SMILES string of the molecule is CCC(F)(F)C(F)(F)C(F)(F)C(F)(F)C(F)(F)C(F)(F)C(F)(F)C(F)(F)F.O=C[C@H](O)[C@H](OP(=O)(O)O)[C@H](O)[C@H](O)CO. The number of halogens is 17. The third-order valence-corrected chi connectivity index (χ3v) is 5.40. The molecule has 0 aromatic carbocycles. The maximum Gasteiger partial charge on any atom is 0.470 e. The average Bonchev–Trinajstić information content (AvgIpc) is 2.84. The first kappa shape index (κ1) is 43.6. The first-order valence-corrected chi connectivity index (χ1v) is 11.6. The Bertz CT molecular complexity index is 969. The third kappa shape index (κ3) is 8.18. The maximum absolute atomic E-state index is 13.1. The van der Waals surface area contributed by atoms with Crippen LogP contribution in [-0.2, 0) is 13.9 Å². The highest BCUT2D eigenvalue weighted by molar-refractivity contribution is 7.46. The maximum atomic E-state index is 13.1. The molecule has 0 spiro atoms. The summed E-state index contributed by atoms with van der Waals surface area (Å²) in [5, 5.41) is 35.7. The molecular formula is C16H18F17O9P. The normalized spacial score (nSPS) is 17.9. The molecule has 0 radical (unpaired) electrons. The highest BCUT2D eigenvalue weighted by Gasteiger charge is 2.95. The van der Waals surface area contributed by atoms with Gasteiger partial charge >= 0.3 is 55.5 Å². The van der Waals surface area contributed by atoms with Crippen LogP contribution in [0.5, 0.6) is 0 Å². The zero-order chi connectivity index (χ0) is 35.6. The van der Waals surface area contributed by atoms with Crippen LogP contribution in [0.4, 0.5) is 74.6 Å². The fourth-order valence-corrected chi connectivity index (χ4v) is 2.87. The number of alkyl halides is 17. The van der Waals surface area contributed by atoms with E-state index in [1.54, 1.807) is 0 Å². The fraction of sp³-hybridized carbons (Fsp3) is 0.938. The molecule has 0 aliphatic rings. The summed E-state index contributed by atoms with van der Waals surface area (Å²) in [5.74, 6) is -55.6. The molecule has 43 heavy (non-hydrogen) atoms. The van der Waals surface area contributed by atoms with E-state index in [1.165, 1.54) is 0 Å². The third-order valence-electron chi connectivity index (χ3n) is 4.88. The number of phosphoric acid groups is 1. The van der Waals surface area contributed by atoms with Crippen LogP contribution in [0.3, 0.4) is 0 Å². The van der Waals surface area contributed by atoms with Crippen molar-refractivity contribution < 1.29 is 119 Å². The highest BCUT2D eigenvalue weighted by Crippen LogP contribution is 2.64. The van der Waals surface area contributed by atoms with Crippen molar-refractivity contribution in [2.24, 2.45) is 0 Å². The Hall–Kier alpha value is -1.57. The minimum absolute atomic E-state index is 0.0628. The largest absolute Gasteiger partial charge is 0.470 e. The van der Waals surface area contributed by atoms with Crippen molar-refractivity contribution in [3.63, 3.8) is 0 Å². The van der Waals surface area contributed by atoms with E-state index in [0.29, 0.717) is 0 Å². The molecule has 0 rings (SSSR count). The van der Waals surface area contributed by atoms with Crippen molar-refractivity contribution in [3.8, 4) is 0 Å². The van der Waals surface area contributed by atoms with E-state index in [-0.39, 0.29) is 13.2 Å². The van der Waals surface area contributed by atoms with Crippen LogP contribution in [0.25, 0.3) is 0 Å². The summed E-state index contributed by atoms with van der Waals surface area (Å²) in [7, 11) is -5.06. The number of rotatable bonds is 14. The summed E-state index contributed by atoms with van der Waals surface area (Å²) >= 11 is 0. The number of hydrogen-bond acceptors (Lipinski definition) is 7.